The molecule has 7 nitrogen and oxygen atoms in total. The molecule has 0 saturated heterocycles. The molecule has 0 aliphatic rings. The lowest BCUT2D eigenvalue weighted by Gasteiger charge is -2.10. The molecule has 2 aromatic carbocycles. The van der Waals surface area contributed by atoms with Crippen LogP contribution in [-0.4, -0.2) is 28.0 Å². The molecule has 0 heterocycles. The Kier molecular flexibility index (Phi) is 10.2. The zero-order chi connectivity index (χ0) is 20.7. The normalized spacial score (nSPS) is 11.8. The maximum absolute atomic E-state index is 12.2. The molecule has 0 fully saturated rings. The molecule has 0 spiro atoms. The lowest BCUT2D eigenvalue weighted by atomic mass is 10.2. The lowest BCUT2D eigenvalue weighted by molar-refractivity contribution is 0.415. The van der Waals surface area contributed by atoms with Gasteiger partial charge in [-0.3, -0.25) is 0 Å². The van der Waals surface area contributed by atoms with Crippen molar-refractivity contribution in [2.75, 3.05) is 19.0 Å². The summed E-state index contributed by atoms with van der Waals surface area (Å²) in [5.74, 6) is 1.02. The number of hydrogen-bond acceptors (Lipinski definition) is 4. The molecule has 4 N–H and O–H groups in total. The molecule has 0 amide bonds. The summed E-state index contributed by atoms with van der Waals surface area (Å²) in [6.45, 7) is 4.60. The van der Waals surface area contributed by atoms with Crippen LogP contribution < -0.4 is 20.5 Å². The predicted molar refractivity (Wildman–Crippen MR) is 129 cm³/mol. The van der Waals surface area contributed by atoms with Crippen molar-refractivity contribution in [3.8, 4) is 5.75 Å². The van der Waals surface area contributed by atoms with E-state index in [-0.39, 0.29) is 40.7 Å². The number of halogens is 2. The molecule has 29 heavy (non-hydrogen) atoms. The number of nitrogens with one attached hydrogen (secondary N) is 2. The number of anilines is 1. The van der Waals surface area contributed by atoms with Gasteiger partial charge in [0, 0.05) is 12.2 Å². The van der Waals surface area contributed by atoms with Crippen LogP contribution >= 0.6 is 35.6 Å². The Hall–Kier alpha value is -1.56. The summed E-state index contributed by atoms with van der Waals surface area (Å²) in [4.78, 5) is 4.48. The average molecular weight is 553 g/mol. The van der Waals surface area contributed by atoms with E-state index in [2.05, 4.69) is 15.0 Å². The minimum Gasteiger partial charge on any atom is -0.495 e. The molecular formula is C19H26ClIN4O3S. The Bertz CT molecular complexity index is 935. The molecule has 0 bridgehead atoms. The molecular weight excluding hydrogens is 527 g/mol. The second kappa shape index (κ2) is 11.6. The van der Waals surface area contributed by atoms with Crippen molar-refractivity contribution in [2.45, 2.75) is 25.3 Å². The van der Waals surface area contributed by atoms with Crippen LogP contribution in [0.1, 0.15) is 19.4 Å². The van der Waals surface area contributed by atoms with Crippen molar-refractivity contribution in [2.24, 2.45) is 16.6 Å². The summed E-state index contributed by atoms with van der Waals surface area (Å²) in [6.07, 6.45) is 0. The van der Waals surface area contributed by atoms with E-state index >= 15 is 0 Å². The molecule has 0 unspecified atom stereocenters. The highest BCUT2D eigenvalue weighted by Crippen LogP contribution is 2.27. The van der Waals surface area contributed by atoms with Crippen LogP contribution in [0.3, 0.4) is 0 Å². The number of aliphatic imine (C=N–C) groups is 1. The molecule has 2 aromatic rings. The predicted octanol–water partition coefficient (Wildman–Crippen LogP) is 3.83. The van der Waals surface area contributed by atoms with Gasteiger partial charge < -0.3 is 15.8 Å². The summed E-state index contributed by atoms with van der Waals surface area (Å²) in [6, 6.07) is 11.7. The molecule has 0 aliphatic heterocycles. The van der Waals surface area contributed by atoms with Crippen LogP contribution in [0.15, 0.2) is 52.4 Å². The van der Waals surface area contributed by atoms with Crippen LogP contribution in [0, 0.1) is 5.92 Å². The first-order valence-electron chi connectivity index (χ1n) is 8.70. The molecule has 0 atom stereocenters. The van der Waals surface area contributed by atoms with E-state index in [0.29, 0.717) is 29.5 Å². The number of guanidine groups is 1. The maximum atomic E-state index is 12.2. The van der Waals surface area contributed by atoms with Gasteiger partial charge in [-0.15, -0.1) is 24.0 Å². The van der Waals surface area contributed by atoms with E-state index in [1.807, 2.05) is 13.8 Å². The van der Waals surface area contributed by atoms with Crippen LogP contribution in [0.2, 0.25) is 5.02 Å². The van der Waals surface area contributed by atoms with Crippen molar-refractivity contribution in [1.29, 1.82) is 0 Å². The second-order valence-electron chi connectivity index (χ2n) is 6.57. The maximum Gasteiger partial charge on any atom is 0.240 e. The molecule has 160 valence electrons. The van der Waals surface area contributed by atoms with Crippen LogP contribution in [-0.2, 0) is 16.6 Å². The summed E-state index contributed by atoms with van der Waals surface area (Å²) >= 11 is 6.08. The van der Waals surface area contributed by atoms with E-state index in [4.69, 9.17) is 22.1 Å². The number of nitrogens with two attached hydrogens (primary N) is 1. The molecule has 0 radical (unpaired) electrons. The van der Waals surface area contributed by atoms with Gasteiger partial charge in [0.05, 0.1) is 23.6 Å². The summed E-state index contributed by atoms with van der Waals surface area (Å²) in [5.41, 5.74) is 7.42. The third kappa shape index (κ3) is 8.00. The molecule has 2 rings (SSSR count). The summed E-state index contributed by atoms with van der Waals surface area (Å²) in [7, 11) is -1.96. The Morgan fingerprint density at radius 2 is 1.86 bits per heavy atom. The smallest absolute Gasteiger partial charge is 0.240 e. The minimum atomic E-state index is -3.50. The van der Waals surface area contributed by atoms with Gasteiger partial charge in [-0.2, -0.15) is 0 Å². The van der Waals surface area contributed by atoms with Gasteiger partial charge in [-0.25, -0.2) is 18.1 Å². The van der Waals surface area contributed by atoms with E-state index in [1.165, 1.54) is 0 Å². The average Bonchev–Trinajstić information content (AvgIpc) is 2.65. The number of hydrogen-bond donors (Lipinski definition) is 3. The first kappa shape index (κ1) is 25.5. The first-order valence-corrected chi connectivity index (χ1v) is 10.6. The van der Waals surface area contributed by atoms with Gasteiger partial charge >= 0.3 is 0 Å². The zero-order valence-corrected chi connectivity index (χ0v) is 20.4. The van der Waals surface area contributed by atoms with Crippen molar-refractivity contribution in [3.05, 3.63) is 53.1 Å². The van der Waals surface area contributed by atoms with Gasteiger partial charge in [0.1, 0.15) is 5.75 Å². The lowest BCUT2D eigenvalue weighted by Crippen LogP contribution is -2.27. The van der Waals surface area contributed by atoms with Crippen molar-refractivity contribution in [1.82, 2.24) is 4.72 Å². The monoisotopic (exact) mass is 552 g/mol. The van der Waals surface area contributed by atoms with Crippen molar-refractivity contribution >= 4 is 57.2 Å². The van der Waals surface area contributed by atoms with E-state index < -0.39 is 10.0 Å². The standard InChI is InChI=1S/C19H25ClN4O3S.HI/c1-13(2)11-23-28(25,26)16-7-4-14(5-8-16)12-22-19(21)24-15-6-9-18(27-3)17(20)10-15;/h4-10,13,23H,11-12H2,1-3H3,(H3,21,22,24);1H. The number of ether oxygens (including phenoxy) is 1. The summed E-state index contributed by atoms with van der Waals surface area (Å²) < 4.78 is 32.1. The van der Waals surface area contributed by atoms with E-state index in [1.54, 1.807) is 49.6 Å². The third-order valence-corrected chi connectivity index (χ3v) is 5.51. The topological polar surface area (TPSA) is 106 Å². The quantitative estimate of drug-likeness (QED) is 0.262. The fourth-order valence-electron chi connectivity index (χ4n) is 2.24. The third-order valence-electron chi connectivity index (χ3n) is 3.77. The van der Waals surface area contributed by atoms with E-state index in [0.717, 1.165) is 5.56 Å². The van der Waals surface area contributed by atoms with Crippen molar-refractivity contribution < 1.29 is 13.2 Å². The zero-order valence-electron chi connectivity index (χ0n) is 16.5. The van der Waals surface area contributed by atoms with Crippen LogP contribution in [0.5, 0.6) is 5.75 Å². The largest absolute Gasteiger partial charge is 0.495 e. The SMILES string of the molecule is COc1ccc(NC(N)=NCc2ccc(S(=O)(=O)NCC(C)C)cc2)cc1Cl.I. The van der Waals surface area contributed by atoms with Crippen LogP contribution in [0.25, 0.3) is 0 Å². The second-order valence-corrected chi connectivity index (χ2v) is 8.74. The highest BCUT2D eigenvalue weighted by atomic mass is 127. The Morgan fingerprint density at radius 3 is 2.41 bits per heavy atom. The number of benzene rings is 2. The highest BCUT2D eigenvalue weighted by molar-refractivity contribution is 14.0. The number of nitrogens with zero attached hydrogens (tertiary/aromatic N) is 1. The van der Waals surface area contributed by atoms with Gasteiger partial charge in [0.15, 0.2) is 5.96 Å². The van der Waals surface area contributed by atoms with Crippen LogP contribution in [0.4, 0.5) is 5.69 Å². The molecule has 10 heteroatoms. The number of methoxy groups -OCH3 is 1. The number of rotatable bonds is 8. The Balaban J connectivity index is 0.00000420. The molecule has 0 saturated carbocycles. The Labute approximate surface area is 194 Å². The fraction of sp³-hybridized carbons (Fsp3) is 0.316. The molecule has 0 aromatic heterocycles. The fourth-order valence-corrected chi connectivity index (χ4v) is 3.71. The number of sulfonamides is 1. The van der Waals surface area contributed by atoms with Gasteiger partial charge in [0.2, 0.25) is 10.0 Å². The van der Waals surface area contributed by atoms with Gasteiger partial charge in [-0.05, 0) is 41.8 Å². The highest BCUT2D eigenvalue weighted by Gasteiger charge is 2.13. The first-order chi connectivity index (χ1) is 13.2. The minimum absolute atomic E-state index is 0. The molecule has 0 aliphatic carbocycles. The van der Waals surface area contributed by atoms with E-state index in [9.17, 15) is 8.42 Å². The van der Waals surface area contributed by atoms with Gasteiger partial charge in [-0.1, -0.05) is 37.6 Å². The van der Waals surface area contributed by atoms with Crippen molar-refractivity contribution in [3.63, 3.8) is 0 Å². The van der Waals surface area contributed by atoms with Gasteiger partial charge in [0.25, 0.3) is 0 Å². The summed E-state index contributed by atoms with van der Waals surface area (Å²) in [5, 5.41) is 3.41. The Morgan fingerprint density at radius 1 is 1.21 bits per heavy atom.